The van der Waals surface area contributed by atoms with Crippen molar-refractivity contribution in [1.29, 1.82) is 0 Å². The van der Waals surface area contributed by atoms with Gasteiger partial charge in [-0.25, -0.2) is 4.98 Å². The maximum Gasteiger partial charge on any atom is 0.306 e. The van der Waals surface area contributed by atoms with Crippen molar-refractivity contribution in [2.24, 2.45) is 17.6 Å². The van der Waals surface area contributed by atoms with E-state index in [4.69, 9.17) is 10.5 Å². The first-order valence-corrected chi connectivity index (χ1v) is 18.8. The number of ether oxygens (including phenoxy) is 1. The molecule has 53 heavy (non-hydrogen) atoms. The number of aliphatic hydroxyl groups is 2. The fourth-order valence-electron chi connectivity index (χ4n) is 6.54. The lowest BCUT2D eigenvalue weighted by atomic mass is 9.86. The summed E-state index contributed by atoms with van der Waals surface area (Å²) in [5.74, 6) is -0.0559. The number of halogens is 2. The minimum absolute atomic E-state index is 0. The molecule has 1 saturated carbocycles. The molecule has 1 aliphatic rings. The largest absolute Gasteiger partial charge is 0.463 e. The molecule has 5 atom stereocenters. The number of Topliss-reactive ketones (excluding diaryl/α,β-unsaturated/α-hetero) is 1. The van der Waals surface area contributed by atoms with Gasteiger partial charge in [-0.2, -0.15) is 0 Å². The Morgan fingerprint density at radius 2 is 1.62 bits per heavy atom. The second kappa shape index (κ2) is 25.7. The number of unbranched alkanes of at least 4 members (excludes halogenated alkanes) is 5. The summed E-state index contributed by atoms with van der Waals surface area (Å²) in [5, 5.41) is 24.5. The van der Waals surface area contributed by atoms with Crippen molar-refractivity contribution < 1.29 is 29.3 Å². The van der Waals surface area contributed by atoms with Gasteiger partial charge in [-0.05, 0) is 101 Å². The Hall–Kier alpha value is -3.28. The van der Waals surface area contributed by atoms with Gasteiger partial charge in [0, 0.05) is 48.6 Å². The molecule has 2 aromatic heterocycles. The van der Waals surface area contributed by atoms with Crippen LogP contribution in [0.4, 0.5) is 5.69 Å². The minimum atomic E-state index is -0.526. The van der Waals surface area contributed by atoms with Gasteiger partial charge in [0.1, 0.15) is 11.4 Å². The molecule has 4 rings (SSSR count). The number of anilines is 1. The Balaban J connectivity index is 0.000000536. The quantitative estimate of drug-likeness (QED) is 0.0457. The predicted octanol–water partition coefficient (Wildman–Crippen LogP) is 8.80. The third-order valence-electron chi connectivity index (χ3n) is 9.44. The number of pyridine rings is 1. The van der Waals surface area contributed by atoms with E-state index < -0.39 is 12.2 Å². The van der Waals surface area contributed by atoms with Crippen molar-refractivity contribution in [2.75, 3.05) is 5.32 Å². The second-order valence-corrected chi connectivity index (χ2v) is 14.0. The van der Waals surface area contributed by atoms with E-state index in [1.54, 1.807) is 30.6 Å². The van der Waals surface area contributed by atoms with E-state index in [-0.39, 0.29) is 66.5 Å². The zero-order valence-electron chi connectivity index (χ0n) is 31.8. The molecule has 0 bridgehead atoms. The highest BCUT2D eigenvalue weighted by Crippen LogP contribution is 2.38. The first-order valence-electron chi connectivity index (χ1n) is 18.8. The number of amides is 1. The summed E-state index contributed by atoms with van der Waals surface area (Å²) in [7, 11) is 0. The molecule has 1 amide bonds. The summed E-state index contributed by atoms with van der Waals surface area (Å²) in [6.07, 6.45) is 17.0. The lowest BCUT2D eigenvalue weighted by Crippen LogP contribution is -2.22. The number of ketones is 1. The molecule has 6 N–H and O–H groups in total. The van der Waals surface area contributed by atoms with Crippen LogP contribution in [0.2, 0.25) is 0 Å². The number of esters is 1. The van der Waals surface area contributed by atoms with E-state index in [2.05, 4.69) is 22.2 Å². The third-order valence-corrected chi connectivity index (χ3v) is 9.44. The molecule has 1 aliphatic carbocycles. The molecule has 0 saturated heterocycles. The number of nitrogens with zero attached hydrogens (tertiary/aromatic N) is 1. The summed E-state index contributed by atoms with van der Waals surface area (Å²) in [6, 6.07) is 10.9. The number of H-pyrrole nitrogens is 1. The van der Waals surface area contributed by atoms with Crippen molar-refractivity contribution in [3.63, 3.8) is 0 Å². The van der Waals surface area contributed by atoms with Crippen LogP contribution in [-0.2, 0) is 14.3 Å². The molecular formula is C41H62Cl2N4O6. The van der Waals surface area contributed by atoms with Crippen LogP contribution < -0.4 is 11.1 Å². The second-order valence-electron chi connectivity index (χ2n) is 14.0. The van der Waals surface area contributed by atoms with Gasteiger partial charge in [-0.3, -0.25) is 14.4 Å². The summed E-state index contributed by atoms with van der Waals surface area (Å²) in [5.41, 5.74) is 8.89. The van der Waals surface area contributed by atoms with Crippen LogP contribution in [0.1, 0.15) is 133 Å². The molecule has 1 fully saturated rings. The van der Waals surface area contributed by atoms with Crippen LogP contribution in [0.5, 0.6) is 0 Å². The highest BCUT2D eigenvalue weighted by Gasteiger charge is 2.40. The highest BCUT2D eigenvalue weighted by molar-refractivity contribution is 6.08. The van der Waals surface area contributed by atoms with E-state index in [9.17, 15) is 24.6 Å². The topological polar surface area (TPSA) is 168 Å². The van der Waals surface area contributed by atoms with E-state index >= 15 is 0 Å². The first-order chi connectivity index (χ1) is 24.5. The zero-order valence-corrected chi connectivity index (χ0v) is 33.4. The van der Waals surface area contributed by atoms with E-state index in [1.807, 2.05) is 51.1 Å². The highest BCUT2D eigenvalue weighted by atomic mass is 35.5. The molecule has 0 spiro atoms. The van der Waals surface area contributed by atoms with Gasteiger partial charge in [-0.15, -0.1) is 24.8 Å². The van der Waals surface area contributed by atoms with E-state index in [1.165, 1.54) is 19.3 Å². The Labute approximate surface area is 328 Å². The number of carbonyl (C=O) groups excluding carboxylic acids is 3. The Morgan fingerprint density at radius 1 is 0.925 bits per heavy atom. The maximum absolute atomic E-state index is 12.3. The number of nitrogens with one attached hydrogen (secondary N) is 2. The number of fused-ring (bicyclic) bond motifs is 1. The number of carbonyl (C=O) groups is 3. The number of nitrogens with two attached hydrogens (primary N) is 1. The summed E-state index contributed by atoms with van der Waals surface area (Å²) < 4.78 is 5.11. The average Bonchev–Trinajstić information content (AvgIpc) is 3.69. The van der Waals surface area contributed by atoms with Crippen LogP contribution >= 0.6 is 24.8 Å². The van der Waals surface area contributed by atoms with Gasteiger partial charge in [-0.1, -0.05) is 56.9 Å². The molecule has 12 heteroatoms. The number of allylic oxidation sites excluding steroid dienone is 2. The number of aliphatic hydroxyl groups excluding tert-OH is 2. The number of aromatic amines is 1. The van der Waals surface area contributed by atoms with Gasteiger partial charge >= 0.3 is 5.97 Å². The monoisotopic (exact) mass is 776 g/mol. The van der Waals surface area contributed by atoms with Crippen LogP contribution in [0, 0.1) is 11.8 Å². The van der Waals surface area contributed by atoms with Crippen LogP contribution in [-0.4, -0.2) is 56.2 Å². The predicted molar refractivity (Wildman–Crippen MR) is 218 cm³/mol. The fraction of sp³-hybridized carbons (Fsp3) is 0.561. The molecular weight excluding hydrogens is 715 g/mol. The SMILES string of the molecule is CCCCCCCC(=O)CC[C@@H]1[C@@H](C/C=C\CCCC(=O)OC(C)C)[C@@H](O)C[C@H]1O.C[C@@H](N)c1ccc(C(=O)Nc2ccnc3[nH]ccc23)cc1.Cl.Cl. The molecule has 3 aromatic rings. The molecule has 0 radical (unpaired) electrons. The van der Waals surface area contributed by atoms with Crippen LogP contribution in [0.3, 0.4) is 0 Å². The standard InChI is InChI=1S/C25H44O5.C16H16N4O.2ClH/c1-4-5-6-7-10-13-20(26)16-17-22-21(23(27)18-24(22)28)14-11-8-9-12-15-25(29)30-19(2)3;1-10(17)11-2-4-12(5-3-11)16(21)20-14-7-9-19-15-13(14)6-8-18-15;;/h8,11,19,21-24,27-28H,4-7,9-10,12-18H2,1-3H3;2-10H,17H2,1H3,(H2,18,19,20,21);2*1H/b11-8-;;;/t21-,22-,23+,24-;10-;;/m11../s1. The Bertz CT molecular complexity index is 1530. The molecule has 0 aliphatic heterocycles. The Kier molecular flexibility index (Phi) is 23.1. The van der Waals surface area contributed by atoms with Crippen molar-refractivity contribution in [3.05, 3.63) is 72.1 Å². The zero-order chi connectivity index (χ0) is 37.2. The number of rotatable bonds is 19. The average molecular weight is 778 g/mol. The third kappa shape index (κ3) is 16.7. The van der Waals surface area contributed by atoms with Crippen molar-refractivity contribution >= 4 is 59.2 Å². The molecule has 10 nitrogen and oxygen atoms in total. The normalized spacial score (nSPS) is 18.5. The van der Waals surface area contributed by atoms with Crippen molar-refractivity contribution in [2.45, 2.75) is 136 Å². The number of benzene rings is 1. The smallest absolute Gasteiger partial charge is 0.306 e. The number of hydrogen-bond acceptors (Lipinski definition) is 8. The van der Waals surface area contributed by atoms with Crippen molar-refractivity contribution in [1.82, 2.24) is 9.97 Å². The van der Waals surface area contributed by atoms with E-state index in [0.29, 0.717) is 44.1 Å². The Morgan fingerprint density at radius 3 is 2.30 bits per heavy atom. The maximum atomic E-state index is 12.3. The lowest BCUT2D eigenvalue weighted by molar-refractivity contribution is -0.147. The van der Waals surface area contributed by atoms with Gasteiger partial charge < -0.3 is 31.0 Å². The number of hydrogen-bond donors (Lipinski definition) is 5. The van der Waals surface area contributed by atoms with Gasteiger partial charge in [0.25, 0.3) is 5.91 Å². The van der Waals surface area contributed by atoms with Gasteiger partial charge in [0.15, 0.2) is 0 Å². The molecule has 1 aromatic carbocycles. The van der Waals surface area contributed by atoms with Gasteiger partial charge in [0.05, 0.1) is 24.0 Å². The van der Waals surface area contributed by atoms with Gasteiger partial charge in [0.2, 0.25) is 0 Å². The minimum Gasteiger partial charge on any atom is -0.463 e. The fourth-order valence-corrected chi connectivity index (χ4v) is 6.54. The summed E-state index contributed by atoms with van der Waals surface area (Å²) in [4.78, 5) is 43.2. The van der Waals surface area contributed by atoms with E-state index in [0.717, 1.165) is 48.0 Å². The molecule has 296 valence electrons. The number of aromatic nitrogens is 2. The molecule has 0 unspecified atom stereocenters. The van der Waals surface area contributed by atoms with Crippen LogP contribution in [0.25, 0.3) is 11.0 Å². The lowest BCUT2D eigenvalue weighted by Gasteiger charge is -2.22. The molecule has 2 heterocycles. The van der Waals surface area contributed by atoms with Crippen LogP contribution in [0.15, 0.2) is 60.9 Å². The summed E-state index contributed by atoms with van der Waals surface area (Å²) in [6.45, 7) is 7.78. The first kappa shape index (κ1) is 47.7. The van der Waals surface area contributed by atoms with Crippen molar-refractivity contribution in [3.8, 4) is 0 Å². The summed E-state index contributed by atoms with van der Waals surface area (Å²) >= 11 is 0.